The standard InChI is InChI=1S/C17H17N/c1-2-12-4-6-15(10-14(12)3-1)16-7-5-13-8-9-18-17(13)11-16/h4-7,10-11,18H,1-3,8-9H2. The van der Waals surface area contributed by atoms with E-state index in [1.54, 1.807) is 11.1 Å². The van der Waals surface area contributed by atoms with E-state index < -0.39 is 0 Å². The first kappa shape index (κ1) is 10.2. The Labute approximate surface area is 108 Å². The molecule has 0 atom stereocenters. The molecule has 0 spiro atoms. The Morgan fingerprint density at radius 2 is 1.50 bits per heavy atom. The lowest BCUT2D eigenvalue weighted by Crippen LogP contribution is -1.91. The Morgan fingerprint density at radius 1 is 0.722 bits per heavy atom. The van der Waals surface area contributed by atoms with Crippen molar-refractivity contribution in [3.8, 4) is 11.1 Å². The summed E-state index contributed by atoms with van der Waals surface area (Å²) in [5, 5.41) is 3.46. The number of aryl methyl sites for hydroxylation is 2. The molecule has 0 amide bonds. The largest absolute Gasteiger partial charge is 0.384 e. The summed E-state index contributed by atoms with van der Waals surface area (Å²) < 4.78 is 0. The van der Waals surface area contributed by atoms with Crippen LogP contribution in [0, 0.1) is 0 Å². The van der Waals surface area contributed by atoms with Crippen LogP contribution in [0.3, 0.4) is 0 Å². The zero-order chi connectivity index (χ0) is 11.9. The normalized spacial score (nSPS) is 16.2. The molecule has 0 radical (unpaired) electrons. The first-order chi connectivity index (χ1) is 8.90. The Kier molecular flexibility index (Phi) is 2.19. The molecule has 0 aromatic heterocycles. The summed E-state index contributed by atoms with van der Waals surface area (Å²) in [5.74, 6) is 0. The molecule has 2 aromatic rings. The van der Waals surface area contributed by atoms with Gasteiger partial charge in [0.25, 0.3) is 0 Å². The molecule has 2 aromatic carbocycles. The first-order valence-corrected chi connectivity index (χ1v) is 6.89. The maximum atomic E-state index is 3.46. The van der Waals surface area contributed by atoms with Gasteiger partial charge in [0.2, 0.25) is 0 Å². The molecule has 1 heteroatoms. The highest BCUT2D eigenvalue weighted by atomic mass is 14.9. The van der Waals surface area contributed by atoms with Crippen LogP contribution in [0.25, 0.3) is 11.1 Å². The Morgan fingerprint density at radius 3 is 2.44 bits per heavy atom. The maximum Gasteiger partial charge on any atom is 0.0379 e. The van der Waals surface area contributed by atoms with E-state index in [-0.39, 0.29) is 0 Å². The van der Waals surface area contributed by atoms with Crippen molar-refractivity contribution in [3.63, 3.8) is 0 Å². The van der Waals surface area contributed by atoms with E-state index in [4.69, 9.17) is 0 Å². The lowest BCUT2D eigenvalue weighted by Gasteiger charge is -2.07. The molecule has 1 N–H and O–H groups in total. The molecule has 4 rings (SSSR count). The zero-order valence-corrected chi connectivity index (χ0v) is 10.5. The Balaban J connectivity index is 1.78. The van der Waals surface area contributed by atoms with Crippen molar-refractivity contribution in [2.45, 2.75) is 25.7 Å². The van der Waals surface area contributed by atoms with E-state index in [0.717, 1.165) is 6.54 Å². The fourth-order valence-electron chi connectivity index (χ4n) is 3.22. The van der Waals surface area contributed by atoms with Crippen molar-refractivity contribution in [3.05, 3.63) is 53.1 Å². The summed E-state index contributed by atoms with van der Waals surface area (Å²) in [5.41, 5.74) is 8.61. The van der Waals surface area contributed by atoms with Crippen molar-refractivity contribution in [2.75, 3.05) is 11.9 Å². The quantitative estimate of drug-likeness (QED) is 0.792. The van der Waals surface area contributed by atoms with Crippen LogP contribution >= 0.6 is 0 Å². The number of anilines is 1. The van der Waals surface area contributed by atoms with Gasteiger partial charge in [0.15, 0.2) is 0 Å². The maximum absolute atomic E-state index is 3.46. The predicted octanol–water partition coefficient (Wildman–Crippen LogP) is 3.81. The lowest BCUT2D eigenvalue weighted by molar-refractivity contribution is 0.912. The highest BCUT2D eigenvalue weighted by Crippen LogP contribution is 2.31. The van der Waals surface area contributed by atoms with Gasteiger partial charge in [-0.05, 0) is 59.6 Å². The summed E-state index contributed by atoms with van der Waals surface area (Å²) >= 11 is 0. The highest BCUT2D eigenvalue weighted by molar-refractivity contribution is 5.72. The van der Waals surface area contributed by atoms with Gasteiger partial charge in [-0.15, -0.1) is 0 Å². The average Bonchev–Trinajstić information content (AvgIpc) is 3.05. The van der Waals surface area contributed by atoms with Crippen molar-refractivity contribution in [1.82, 2.24) is 0 Å². The molecular weight excluding hydrogens is 218 g/mol. The van der Waals surface area contributed by atoms with Crippen molar-refractivity contribution in [1.29, 1.82) is 0 Å². The van der Waals surface area contributed by atoms with Gasteiger partial charge in [-0.2, -0.15) is 0 Å². The second kappa shape index (κ2) is 3.88. The second-order valence-corrected chi connectivity index (χ2v) is 5.39. The molecule has 0 fully saturated rings. The molecule has 0 saturated heterocycles. The van der Waals surface area contributed by atoms with Crippen molar-refractivity contribution in [2.24, 2.45) is 0 Å². The van der Waals surface area contributed by atoms with E-state index in [9.17, 15) is 0 Å². The first-order valence-electron chi connectivity index (χ1n) is 6.89. The van der Waals surface area contributed by atoms with Crippen LogP contribution in [-0.4, -0.2) is 6.54 Å². The summed E-state index contributed by atoms with van der Waals surface area (Å²) in [6, 6.07) is 13.8. The van der Waals surface area contributed by atoms with Crippen molar-refractivity contribution < 1.29 is 0 Å². The molecule has 2 aliphatic rings. The summed E-state index contributed by atoms with van der Waals surface area (Å²) in [7, 11) is 0. The van der Waals surface area contributed by atoms with Gasteiger partial charge in [-0.3, -0.25) is 0 Å². The van der Waals surface area contributed by atoms with Gasteiger partial charge in [0.05, 0.1) is 0 Å². The molecule has 0 saturated carbocycles. The second-order valence-electron chi connectivity index (χ2n) is 5.39. The van der Waals surface area contributed by atoms with Gasteiger partial charge in [-0.1, -0.05) is 30.3 Å². The van der Waals surface area contributed by atoms with Crippen LogP contribution in [0.15, 0.2) is 36.4 Å². The molecule has 90 valence electrons. The van der Waals surface area contributed by atoms with E-state index in [2.05, 4.69) is 41.7 Å². The smallest absolute Gasteiger partial charge is 0.0379 e. The number of hydrogen-bond acceptors (Lipinski definition) is 1. The number of hydrogen-bond donors (Lipinski definition) is 1. The van der Waals surface area contributed by atoms with Crippen molar-refractivity contribution >= 4 is 5.69 Å². The summed E-state index contributed by atoms with van der Waals surface area (Å²) in [6.45, 7) is 1.09. The van der Waals surface area contributed by atoms with Gasteiger partial charge in [-0.25, -0.2) is 0 Å². The molecule has 0 bridgehead atoms. The van der Waals surface area contributed by atoms with Crippen LogP contribution in [0.1, 0.15) is 23.1 Å². The molecule has 1 aliphatic heterocycles. The SMILES string of the molecule is c1cc2c(cc1-c1ccc3c(c1)NCC3)CCC2. The Bertz CT molecular complexity index is 558. The van der Waals surface area contributed by atoms with Crippen LogP contribution in [-0.2, 0) is 19.3 Å². The molecule has 0 unspecified atom stereocenters. The molecule has 1 nitrogen and oxygen atoms in total. The third-order valence-corrected chi connectivity index (χ3v) is 4.25. The predicted molar refractivity (Wildman–Crippen MR) is 76.1 cm³/mol. The molecule has 18 heavy (non-hydrogen) atoms. The fourth-order valence-corrected chi connectivity index (χ4v) is 3.22. The number of benzene rings is 2. The average molecular weight is 235 g/mol. The molecule has 1 heterocycles. The van der Waals surface area contributed by atoms with E-state index >= 15 is 0 Å². The van der Waals surface area contributed by atoms with Gasteiger partial charge < -0.3 is 5.32 Å². The van der Waals surface area contributed by atoms with E-state index in [1.165, 1.54) is 48.1 Å². The minimum atomic E-state index is 1.09. The van der Waals surface area contributed by atoms with Gasteiger partial charge in [0, 0.05) is 12.2 Å². The lowest BCUT2D eigenvalue weighted by atomic mass is 9.99. The number of nitrogens with one attached hydrogen (secondary N) is 1. The van der Waals surface area contributed by atoms with Gasteiger partial charge >= 0.3 is 0 Å². The third kappa shape index (κ3) is 1.54. The topological polar surface area (TPSA) is 12.0 Å². The summed E-state index contributed by atoms with van der Waals surface area (Å²) in [6.07, 6.45) is 5.01. The third-order valence-electron chi connectivity index (χ3n) is 4.25. The zero-order valence-electron chi connectivity index (χ0n) is 10.5. The van der Waals surface area contributed by atoms with Crippen LogP contribution < -0.4 is 5.32 Å². The van der Waals surface area contributed by atoms with Crippen LogP contribution in [0.4, 0.5) is 5.69 Å². The Hall–Kier alpha value is -1.76. The summed E-state index contributed by atoms with van der Waals surface area (Å²) in [4.78, 5) is 0. The minimum absolute atomic E-state index is 1.09. The van der Waals surface area contributed by atoms with Crippen LogP contribution in [0.5, 0.6) is 0 Å². The van der Waals surface area contributed by atoms with Crippen LogP contribution in [0.2, 0.25) is 0 Å². The molecular formula is C17H17N. The highest BCUT2D eigenvalue weighted by Gasteiger charge is 2.13. The monoisotopic (exact) mass is 235 g/mol. The van der Waals surface area contributed by atoms with E-state index in [1.807, 2.05) is 0 Å². The fraction of sp³-hybridized carbons (Fsp3) is 0.294. The number of rotatable bonds is 1. The minimum Gasteiger partial charge on any atom is -0.384 e. The van der Waals surface area contributed by atoms with E-state index in [0.29, 0.717) is 0 Å². The van der Waals surface area contributed by atoms with Gasteiger partial charge in [0.1, 0.15) is 0 Å². The molecule has 1 aliphatic carbocycles. The number of fused-ring (bicyclic) bond motifs is 2.